The molecule has 0 saturated heterocycles. The first-order valence-electron chi connectivity index (χ1n) is 9.24. The van der Waals surface area contributed by atoms with Crippen molar-refractivity contribution in [3.63, 3.8) is 0 Å². The number of fused-ring (bicyclic) bond motifs is 1. The van der Waals surface area contributed by atoms with E-state index < -0.39 is 0 Å². The van der Waals surface area contributed by atoms with Crippen LogP contribution >= 0.6 is 11.6 Å². The van der Waals surface area contributed by atoms with E-state index in [0.29, 0.717) is 51.0 Å². The molecule has 0 N–H and O–H groups in total. The number of rotatable bonds is 6. The number of hydrogen-bond donors (Lipinski definition) is 0. The molecule has 0 amide bonds. The summed E-state index contributed by atoms with van der Waals surface area (Å²) in [7, 11) is 3.12. The van der Waals surface area contributed by atoms with Crippen LogP contribution in [-0.2, 0) is 6.61 Å². The van der Waals surface area contributed by atoms with Crippen molar-refractivity contribution >= 4 is 22.6 Å². The average Bonchev–Trinajstić information content (AvgIpc) is 2.78. The highest BCUT2D eigenvalue weighted by Crippen LogP contribution is 2.32. The molecule has 4 rings (SSSR count). The summed E-state index contributed by atoms with van der Waals surface area (Å²) in [5.41, 5.74) is 2.44. The van der Waals surface area contributed by atoms with E-state index in [-0.39, 0.29) is 5.43 Å². The number of ether oxygens (including phenoxy) is 3. The topological polar surface area (TPSA) is 57.9 Å². The van der Waals surface area contributed by atoms with Gasteiger partial charge >= 0.3 is 0 Å². The fraction of sp³-hybridized carbons (Fsp3) is 0.125. The lowest BCUT2D eigenvalue weighted by Crippen LogP contribution is -2.05. The molecule has 1 aromatic heterocycles. The molecule has 0 aliphatic heterocycles. The molecule has 4 aromatic rings. The molecule has 30 heavy (non-hydrogen) atoms. The summed E-state index contributed by atoms with van der Waals surface area (Å²) in [4.78, 5) is 13.0. The second kappa shape index (κ2) is 8.51. The summed E-state index contributed by atoms with van der Waals surface area (Å²) in [6.45, 7) is 0.386. The van der Waals surface area contributed by atoms with Gasteiger partial charge in [-0.2, -0.15) is 0 Å². The third-order valence-corrected chi connectivity index (χ3v) is 5.01. The number of hydrogen-bond acceptors (Lipinski definition) is 5. The Labute approximate surface area is 178 Å². The van der Waals surface area contributed by atoms with E-state index in [1.54, 1.807) is 50.6 Å². The first-order chi connectivity index (χ1) is 14.6. The number of halogens is 1. The molecule has 0 unspecified atom stereocenters. The van der Waals surface area contributed by atoms with Crippen LogP contribution in [0.2, 0.25) is 5.02 Å². The first-order valence-corrected chi connectivity index (χ1v) is 9.62. The van der Waals surface area contributed by atoms with Gasteiger partial charge in [0.25, 0.3) is 0 Å². The Bertz CT molecular complexity index is 1240. The van der Waals surface area contributed by atoms with Crippen LogP contribution in [0.25, 0.3) is 22.1 Å². The Kier molecular flexibility index (Phi) is 5.63. The zero-order chi connectivity index (χ0) is 21.1. The van der Waals surface area contributed by atoms with E-state index in [9.17, 15) is 4.79 Å². The normalized spacial score (nSPS) is 10.8. The molecule has 5 nitrogen and oxygen atoms in total. The van der Waals surface area contributed by atoms with Gasteiger partial charge in [0.2, 0.25) is 0 Å². The number of methoxy groups -OCH3 is 2. The lowest BCUT2D eigenvalue weighted by atomic mass is 10.0. The lowest BCUT2D eigenvalue weighted by molar-refractivity contribution is 0.306. The Morgan fingerprint density at radius 3 is 2.40 bits per heavy atom. The van der Waals surface area contributed by atoms with Crippen LogP contribution in [-0.4, -0.2) is 14.2 Å². The van der Waals surface area contributed by atoms with Crippen LogP contribution in [0.5, 0.6) is 17.2 Å². The predicted molar refractivity (Wildman–Crippen MR) is 117 cm³/mol. The van der Waals surface area contributed by atoms with Gasteiger partial charge < -0.3 is 18.6 Å². The van der Waals surface area contributed by atoms with Crippen LogP contribution in [0.4, 0.5) is 0 Å². The average molecular weight is 423 g/mol. The highest BCUT2D eigenvalue weighted by molar-refractivity contribution is 6.30. The molecular formula is C24H19ClO5. The van der Waals surface area contributed by atoms with Gasteiger partial charge in [0.1, 0.15) is 24.2 Å². The lowest BCUT2D eigenvalue weighted by Gasteiger charge is -2.10. The van der Waals surface area contributed by atoms with Crippen molar-refractivity contribution in [2.24, 2.45) is 0 Å². The largest absolute Gasteiger partial charge is 0.493 e. The van der Waals surface area contributed by atoms with Crippen molar-refractivity contribution in [2.75, 3.05) is 14.2 Å². The highest BCUT2D eigenvalue weighted by Gasteiger charge is 2.13. The fourth-order valence-electron chi connectivity index (χ4n) is 3.15. The van der Waals surface area contributed by atoms with Crippen molar-refractivity contribution in [3.8, 4) is 28.4 Å². The van der Waals surface area contributed by atoms with Gasteiger partial charge in [-0.25, -0.2) is 0 Å². The molecular weight excluding hydrogens is 404 g/mol. The summed E-state index contributed by atoms with van der Waals surface area (Å²) < 4.78 is 22.1. The molecule has 0 fully saturated rings. The standard InChI is InChI=1S/C24H19ClO5/c1-27-21-10-5-16(11-23(21)28-2)20-14-30-22-12-18(8-9-19(22)24(20)26)29-13-15-3-6-17(25)7-4-15/h3-12,14H,13H2,1-2H3. The van der Waals surface area contributed by atoms with Crippen molar-refractivity contribution in [1.29, 1.82) is 0 Å². The third-order valence-electron chi connectivity index (χ3n) is 4.76. The van der Waals surface area contributed by atoms with E-state index in [1.165, 1.54) is 6.26 Å². The van der Waals surface area contributed by atoms with Gasteiger partial charge in [-0.15, -0.1) is 0 Å². The van der Waals surface area contributed by atoms with E-state index in [1.807, 2.05) is 24.3 Å². The minimum absolute atomic E-state index is 0.132. The molecule has 152 valence electrons. The van der Waals surface area contributed by atoms with Gasteiger partial charge in [-0.3, -0.25) is 4.79 Å². The molecule has 0 bridgehead atoms. The Balaban J connectivity index is 1.63. The fourth-order valence-corrected chi connectivity index (χ4v) is 3.27. The zero-order valence-electron chi connectivity index (χ0n) is 16.5. The molecule has 3 aromatic carbocycles. The maximum Gasteiger partial charge on any atom is 0.200 e. The Morgan fingerprint density at radius 1 is 0.900 bits per heavy atom. The minimum atomic E-state index is -0.132. The molecule has 0 aliphatic rings. The Morgan fingerprint density at radius 2 is 1.67 bits per heavy atom. The minimum Gasteiger partial charge on any atom is -0.493 e. The summed E-state index contributed by atoms with van der Waals surface area (Å²) in [5, 5.41) is 1.15. The maximum absolute atomic E-state index is 13.0. The van der Waals surface area contributed by atoms with Crippen LogP contribution in [0.3, 0.4) is 0 Å². The monoisotopic (exact) mass is 422 g/mol. The van der Waals surface area contributed by atoms with E-state index in [2.05, 4.69) is 0 Å². The quantitative estimate of drug-likeness (QED) is 0.398. The van der Waals surface area contributed by atoms with Crippen LogP contribution in [0.15, 0.2) is 76.1 Å². The summed E-state index contributed by atoms with van der Waals surface area (Å²) in [6.07, 6.45) is 1.45. The highest BCUT2D eigenvalue weighted by atomic mass is 35.5. The summed E-state index contributed by atoms with van der Waals surface area (Å²) >= 11 is 5.90. The van der Waals surface area contributed by atoms with Gasteiger partial charge in [0, 0.05) is 11.1 Å². The molecule has 6 heteroatoms. The molecule has 0 aliphatic carbocycles. The number of benzene rings is 3. The van der Waals surface area contributed by atoms with Gasteiger partial charge in [0.05, 0.1) is 25.2 Å². The smallest absolute Gasteiger partial charge is 0.200 e. The SMILES string of the molecule is COc1ccc(-c2coc3cc(OCc4ccc(Cl)cc4)ccc3c2=O)cc1OC. The first kappa shape index (κ1) is 19.9. The molecule has 0 radical (unpaired) electrons. The molecule has 0 saturated carbocycles. The summed E-state index contributed by atoms with van der Waals surface area (Å²) in [6, 6.07) is 17.9. The van der Waals surface area contributed by atoms with E-state index in [4.69, 9.17) is 30.2 Å². The predicted octanol–water partition coefficient (Wildman–Crippen LogP) is 5.71. The van der Waals surface area contributed by atoms with Crippen molar-refractivity contribution < 1.29 is 18.6 Å². The third kappa shape index (κ3) is 3.98. The molecule has 1 heterocycles. The molecule has 0 atom stereocenters. The second-order valence-corrected chi connectivity index (χ2v) is 7.06. The van der Waals surface area contributed by atoms with Crippen molar-refractivity contribution in [2.45, 2.75) is 6.61 Å². The second-order valence-electron chi connectivity index (χ2n) is 6.62. The summed E-state index contributed by atoms with van der Waals surface area (Å²) in [5.74, 6) is 1.74. The van der Waals surface area contributed by atoms with Crippen LogP contribution in [0.1, 0.15) is 5.56 Å². The van der Waals surface area contributed by atoms with Crippen LogP contribution < -0.4 is 19.6 Å². The molecule has 0 spiro atoms. The van der Waals surface area contributed by atoms with Crippen molar-refractivity contribution in [1.82, 2.24) is 0 Å². The van der Waals surface area contributed by atoms with Crippen molar-refractivity contribution in [3.05, 3.63) is 87.7 Å². The van der Waals surface area contributed by atoms with E-state index >= 15 is 0 Å². The maximum atomic E-state index is 13.0. The Hall–Kier alpha value is -3.44. The van der Waals surface area contributed by atoms with Gasteiger partial charge in [-0.1, -0.05) is 29.8 Å². The zero-order valence-corrected chi connectivity index (χ0v) is 17.2. The van der Waals surface area contributed by atoms with Gasteiger partial charge in [0.15, 0.2) is 16.9 Å². The van der Waals surface area contributed by atoms with Crippen LogP contribution in [0, 0.1) is 0 Å². The van der Waals surface area contributed by atoms with E-state index in [0.717, 1.165) is 5.56 Å². The van der Waals surface area contributed by atoms with Gasteiger partial charge in [-0.05, 0) is 47.5 Å².